The van der Waals surface area contributed by atoms with Crippen LogP contribution in [0.15, 0.2) is 54.6 Å². The van der Waals surface area contributed by atoms with Gasteiger partial charge in [-0.05, 0) is 55.6 Å². The number of carboxylic acids is 1. The normalized spacial score (nSPS) is 21.7. The summed E-state index contributed by atoms with van der Waals surface area (Å²) in [6.45, 7) is 2.19. The number of benzene rings is 2. The van der Waals surface area contributed by atoms with Gasteiger partial charge in [0, 0.05) is 37.6 Å². The van der Waals surface area contributed by atoms with Crippen molar-refractivity contribution < 1.29 is 32.6 Å². The Kier molecular flexibility index (Phi) is 7.70. The maximum absolute atomic E-state index is 13.6. The van der Waals surface area contributed by atoms with Crippen LogP contribution in [0, 0.1) is 5.41 Å². The average molecular weight is 505 g/mol. The second-order valence-electron chi connectivity index (χ2n) is 9.96. The summed E-state index contributed by atoms with van der Waals surface area (Å²) < 4.78 is 46.2. The van der Waals surface area contributed by atoms with E-state index in [0.717, 1.165) is 16.0 Å². The van der Waals surface area contributed by atoms with E-state index in [0.29, 0.717) is 38.9 Å². The highest BCUT2D eigenvalue weighted by Gasteiger charge is 2.54. The van der Waals surface area contributed by atoms with Gasteiger partial charge in [0.25, 0.3) is 0 Å². The number of hydrogen-bond donors (Lipinski definition) is 1. The number of alkyl halides is 3. The number of nitrogens with zero attached hydrogens (tertiary/aromatic N) is 2. The molecule has 2 aromatic carbocycles. The van der Waals surface area contributed by atoms with Gasteiger partial charge in [-0.25, -0.2) is 4.79 Å². The van der Waals surface area contributed by atoms with Gasteiger partial charge >= 0.3 is 18.1 Å². The van der Waals surface area contributed by atoms with Gasteiger partial charge in [-0.15, -0.1) is 0 Å². The lowest BCUT2D eigenvalue weighted by atomic mass is 9.78. The van der Waals surface area contributed by atoms with Crippen molar-refractivity contribution in [2.75, 3.05) is 33.4 Å². The largest absolute Gasteiger partial charge is 0.478 e. The number of hydrogen-bond acceptors (Lipinski definition) is 4. The third-order valence-electron chi connectivity index (χ3n) is 7.37. The Morgan fingerprint density at radius 2 is 1.72 bits per heavy atom. The SMILES string of the molecule is COCC1(CN(C(=O)C(F)(F)F)[C@@H]2C[C@H]2c2ccccc2)CCN(Cc2ccc(C(=O)O)cc2)CC1. The number of piperidine rings is 1. The third-order valence-corrected chi connectivity index (χ3v) is 7.37. The van der Waals surface area contributed by atoms with Crippen LogP contribution in [0.1, 0.15) is 46.7 Å². The molecule has 1 heterocycles. The highest BCUT2D eigenvalue weighted by Crippen LogP contribution is 2.47. The van der Waals surface area contributed by atoms with E-state index >= 15 is 0 Å². The van der Waals surface area contributed by atoms with Gasteiger partial charge < -0.3 is 14.7 Å². The van der Waals surface area contributed by atoms with E-state index in [1.807, 2.05) is 30.3 Å². The van der Waals surface area contributed by atoms with Crippen LogP contribution in [0.2, 0.25) is 0 Å². The molecule has 0 aromatic heterocycles. The molecule has 2 aliphatic rings. The zero-order valence-corrected chi connectivity index (χ0v) is 20.2. The van der Waals surface area contributed by atoms with E-state index in [2.05, 4.69) is 4.90 Å². The van der Waals surface area contributed by atoms with Gasteiger partial charge in [-0.1, -0.05) is 42.5 Å². The molecule has 2 aromatic rings. The highest BCUT2D eigenvalue weighted by molar-refractivity contribution is 5.87. The predicted molar refractivity (Wildman–Crippen MR) is 128 cm³/mol. The van der Waals surface area contributed by atoms with Gasteiger partial charge in [-0.2, -0.15) is 13.2 Å². The molecule has 0 unspecified atom stereocenters. The number of ether oxygens (including phenoxy) is 1. The molecular formula is C27H31F3N2O4. The summed E-state index contributed by atoms with van der Waals surface area (Å²) in [4.78, 5) is 26.8. The Morgan fingerprint density at radius 3 is 2.28 bits per heavy atom. The standard InChI is InChI=1S/C27H31F3N2O4/c1-36-18-26(11-13-31(14-12-26)16-19-7-9-21(10-8-19)24(33)34)17-32(25(35)27(28,29)30)23-15-22(23)20-5-3-2-4-6-20/h2-10,22-23H,11-18H2,1H3,(H,33,34)/t22-,23+/m0/s1. The van der Waals surface area contributed by atoms with Gasteiger partial charge in [0.1, 0.15) is 0 Å². The quantitative estimate of drug-likeness (QED) is 0.542. The van der Waals surface area contributed by atoms with E-state index in [1.165, 1.54) is 7.11 Å². The van der Waals surface area contributed by atoms with Crippen molar-refractivity contribution in [3.8, 4) is 0 Å². The van der Waals surface area contributed by atoms with Crippen LogP contribution in [0.3, 0.4) is 0 Å². The van der Waals surface area contributed by atoms with Crippen molar-refractivity contribution in [2.24, 2.45) is 5.41 Å². The second-order valence-corrected chi connectivity index (χ2v) is 9.96. The molecule has 0 spiro atoms. The number of rotatable bonds is 9. The zero-order chi connectivity index (χ0) is 25.9. The number of carbonyl (C=O) groups is 2. The maximum atomic E-state index is 13.6. The fourth-order valence-electron chi connectivity index (χ4n) is 5.30. The van der Waals surface area contributed by atoms with E-state index in [9.17, 15) is 22.8 Å². The second kappa shape index (κ2) is 10.6. The summed E-state index contributed by atoms with van der Waals surface area (Å²) >= 11 is 0. The Hall–Kier alpha value is -2.91. The molecule has 1 saturated heterocycles. The molecule has 194 valence electrons. The van der Waals surface area contributed by atoms with Crippen LogP contribution >= 0.6 is 0 Å². The molecule has 4 rings (SSSR count). The van der Waals surface area contributed by atoms with E-state index in [4.69, 9.17) is 9.84 Å². The van der Waals surface area contributed by atoms with Crippen LogP contribution < -0.4 is 0 Å². The lowest BCUT2D eigenvalue weighted by molar-refractivity contribution is -0.188. The molecule has 36 heavy (non-hydrogen) atoms. The fourth-order valence-corrected chi connectivity index (χ4v) is 5.30. The van der Waals surface area contributed by atoms with Crippen molar-refractivity contribution in [3.63, 3.8) is 0 Å². The van der Waals surface area contributed by atoms with E-state index in [-0.39, 0.29) is 24.6 Å². The van der Waals surface area contributed by atoms with Crippen molar-refractivity contribution >= 4 is 11.9 Å². The minimum absolute atomic E-state index is 0.00827. The number of amides is 1. The number of methoxy groups -OCH3 is 1. The van der Waals surface area contributed by atoms with Crippen molar-refractivity contribution in [2.45, 2.75) is 43.9 Å². The Labute approximate surface area is 208 Å². The lowest BCUT2D eigenvalue weighted by Crippen LogP contribution is -2.53. The van der Waals surface area contributed by atoms with Crippen LogP contribution in [0.25, 0.3) is 0 Å². The number of likely N-dealkylation sites (tertiary alicyclic amines) is 1. The number of halogens is 3. The topological polar surface area (TPSA) is 70.1 Å². The number of aromatic carboxylic acids is 1. The first-order valence-electron chi connectivity index (χ1n) is 12.1. The molecule has 0 bridgehead atoms. The predicted octanol–water partition coefficient (Wildman–Crippen LogP) is 4.56. The first-order valence-corrected chi connectivity index (χ1v) is 12.1. The van der Waals surface area contributed by atoms with Crippen molar-refractivity contribution in [1.82, 2.24) is 9.80 Å². The van der Waals surface area contributed by atoms with E-state index in [1.54, 1.807) is 24.3 Å². The molecule has 9 heteroatoms. The maximum Gasteiger partial charge on any atom is 0.471 e. The van der Waals surface area contributed by atoms with Gasteiger partial charge in [0.15, 0.2) is 0 Å². The summed E-state index contributed by atoms with van der Waals surface area (Å²) in [5.41, 5.74) is 1.58. The number of carbonyl (C=O) groups excluding carboxylic acids is 1. The highest BCUT2D eigenvalue weighted by atomic mass is 19.4. The molecule has 0 radical (unpaired) electrons. The average Bonchev–Trinajstić information content (AvgIpc) is 3.65. The first kappa shape index (κ1) is 26.2. The third kappa shape index (κ3) is 6.07. The molecule has 1 saturated carbocycles. The molecule has 2 fully saturated rings. The monoisotopic (exact) mass is 504 g/mol. The smallest absolute Gasteiger partial charge is 0.471 e. The molecule has 1 N–H and O–H groups in total. The Bertz CT molecular complexity index is 1050. The molecule has 1 aliphatic carbocycles. The zero-order valence-electron chi connectivity index (χ0n) is 20.2. The van der Waals surface area contributed by atoms with Gasteiger partial charge in [-0.3, -0.25) is 9.69 Å². The lowest BCUT2D eigenvalue weighted by Gasteiger charge is -2.44. The molecule has 2 atom stereocenters. The van der Waals surface area contributed by atoms with Crippen molar-refractivity contribution in [3.05, 3.63) is 71.3 Å². The van der Waals surface area contributed by atoms with Gasteiger partial charge in [0.05, 0.1) is 12.2 Å². The summed E-state index contributed by atoms with van der Waals surface area (Å²) in [6, 6.07) is 15.6. The minimum Gasteiger partial charge on any atom is -0.478 e. The summed E-state index contributed by atoms with van der Waals surface area (Å²) in [6.07, 6.45) is -3.22. The van der Waals surface area contributed by atoms with Crippen LogP contribution in [-0.4, -0.2) is 72.4 Å². The van der Waals surface area contributed by atoms with Gasteiger partial charge in [0.2, 0.25) is 0 Å². The van der Waals surface area contributed by atoms with Crippen LogP contribution in [-0.2, 0) is 16.1 Å². The fraction of sp³-hybridized carbons (Fsp3) is 0.481. The molecule has 1 aliphatic heterocycles. The van der Waals surface area contributed by atoms with E-state index < -0.39 is 29.5 Å². The summed E-state index contributed by atoms with van der Waals surface area (Å²) in [5, 5.41) is 9.07. The van der Waals surface area contributed by atoms with Crippen LogP contribution in [0.5, 0.6) is 0 Å². The van der Waals surface area contributed by atoms with Crippen molar-refractivity contribution in [1.29, 1.82) is 0 Å². The Morgan fingerprint density at radius 1 is 1.08 bits per heavy atom. The Balaban J connectivity index is 1.45. The molecular weight excluding hydrogens is 473 g/mol. The molecule has 6 nitrogen and oxygen atoms in total. The summed E-state index contributed by atoms with van der Waals surface area (Å²) in [5.74, 6) is -2.85. The minimum atomic E-state index is -4.93. The molecule has 1 amide bonds. The first-order chi connectivity index (χ1) is 17.1. The van der Waals surface area contributed by atoms with Crippen LogP contribution in [0.4, 0.5) is 13.2 Å². The number of carboxylic acid groups (broad SMARTS) is 1. The summed E-state index contributed by atoms with van der Waals surface area (Å²) in [7, 11) is 1.54.